The fraction of sp³-hybridized carbons (Fsp3) is 0.250. The molecule has 0 aliphatic heterocycles. The Hall–Kier alpha value is -1.38. The lowest BCUT2D eigenvalue weighted by atomic mass is 10.2. The molecule has 0 spiro atoms. The van der Waals surface area contributed by atoms with E-state index in [1.54, 1.807) is 0 Å². The fourth-order valence-electron chi connectivity index (χ4n) is 1.65. The first-order valence-electron chi connectivity index (χ1n) is 6.15. The Morgan fingerprint density at radius 3 is 1.80 bits per heavy atom. The van der Waals surface area contributed by atoms with E-state index < -0.39 is 0 Å². The molecule has 2 aromatic rings. The van der Waals surface area contributed by atoms with Gasteiger partial charge in [0.05, 0.1) is 0 Å². The molecule has 0 bridgehead atoms. The number of benzene rings is 2. The number of hydrogen-bond acceptors (Lipinski definition) is 2. The van der Waals surface area contributed by atoms with E-state index in [9.17, 15) is 0 Å². The summed E-state index contributed by atoms with van der Waals surface area (Å²) in [5.41, 5.74) is 4.97. The van der Waals surface area contributed by atoms with Crippen molar-refractivity contribution in [3.8, 4) is 0 Å². The zero-order chi connectivity index (χ0) is 13.4. The van der Waals surface area contributed by atoms with Crippen LogP contribution in [0.5, 0.6) is 0 Å². The molecule has 0 aliphatic carbocycles. The molecule has 0 aliphatic rings. The topological polar surface area (TPSA) is 24.1 Å². The molecule has 2 rings (SSSR count). The Bertz CT molecular complexity index is 487. The van der Waals surface area contributed by atoms with Gasteiger partial charge in [0.2, 0.25) is 0 Å². The van der Waals surface area contributed by atoms with Crippen molar-refractivity contribution in [2.24, 2.45) is 0 Å². The van der Waals surface area contributed by atoms with Gasteiger partial charge in [0.1, 0.15) is 0 Å². The SMILES string of the molecule is CNc1cccc(C)c1.CNc1ccccc1C.Cl.Cl. The molecule has 0 atom stereocenters. The highest BCUT2D eigenvalue weighted by atomic mass is 35.5. The predicted octanol–water partition coefficient (Wildman–Crippen LogP) is 4.92. The number of hydrogen-bond donors (Lipinski definition) is 2. The van der Waals surface area contributed by atoms with E-state index in [4.69, 9.17) is 0 Å². The summed E-state index contributed by atoms with van der Waals surface area (Å²) in [7, 11) is 3.86. The highest BCUT2D eigenvalue weighted by molar-refractivity contribution is 5.85. The number of halogens is 2. The second-order valence-corrected chi connectivity index (χ2v) is 4.18. The Morgan fingerprint density at radius 1 is 0.750 bits per heavy atom. The fourth-order valence-corrected chi connectivity index (χ4v) is 1.65. The summed E-state index contributed by atoms with van der Waals surface area (Å²) >= 11 is 0. The van der Waals surface area contributed by atoms with E-state index in [1.807, 2.05) is 38.4 Å². The lowest BCUT2D eigenvalue weighted by molar-refractivity contribution is 1.41. The minimum atomic E-state index is 0. The molecule has 112 valence electrons. The van der Waals surface area contributed by atoms with E-state index in [2.05, 4.69) is 48.7 Å². The third kappa shape index (κ3) is 7.27. The Balaban J connectivity index is 0. The normalized spacial score (nSPS) is 8.20. The zero-order valence-electron chi connectivity index (χ0n) is 12.4. The molecule has 0 amide bonds. The predicted molar refractivity (Wildman–Crippen MR) is 95.9 cm³/mol. The highest BCUT2D eigenvalue weighted by Gasteiger charge is 1.88. The number of para-hydroxylation sites is 1. The van der Waals surface area contributed by atoms with Crippen LogP contribution in [0.15, 0.2) is 48.5 Å². The van der Waals surface area contributed by atoms with Crippen molar-refractivity contribution >= 4 is 36.2 Å². The van der Waals surface area contributed by atoms with Gasteiger partial charge in [-0.1, -0.05) is 30.3 Å². The Morgan fingerprint density at radius 2 is 1.40 bits per heavy atom. The molecule has 0 saturated carbocycles. The van der Waals surface area contributed by atoms with Crippen molar-refractivity contribution in [2.45, 2.75) is 13.8 Å². The third-order valence-corrected chi connectivity index (χ3v) is 2.72. The van der Waals surface area contributed by atoms with E-state index in [0.29, 0.717) is 0 Å². The van der Waals surface area contributed by atoms with Gasteiger partial charge in [-0.3, -0.25) is 0 Å². The number of rotatable bonds is 2. The summed E-state index contributed by atoms with van der Waals surface area (Å²) in [6, 6.07) is 16.5. The van der Waals surface area contributed by atoms with Crippen molar-refractivity contribution < 1.29 is 0 Å². The van der Waals surface area contributed by atoms with Crippen LogP contribution < -0.4 is 10.6 Å². The van der Waals surface area contributed by atoms with Gasteiger partial charge in [-0.15, -0.1) is 24.8 Å². The monoisotopic (exact) mass is 314 g/mol. The van der Waals surface area contributed by atoms with Crippen LogP contribution in [0.1, 0.15) is 11.1 Å². The average Bonchev–Trinajstić information content (AvgIpc) is 2.40. The summed E-state index contributed by atoms with van der Waals surface area (Å²) in [5, 5.41) is 6.16. The molecule has 0 unspecified atom stereocenters. The maximum Gasteiger partial charge on any atom is 0.0367 e. The molecule has 2 aromatic carbocycles. The van der Waals surface area contributed by atoms with E-state index in [-0.39, 0.29) is 24.8 Å². The van der Waals surface area contributed by atoms with Crippen molar-refractivity contribution in [2.75, 3.05) is 24.7 Å². The summed E-state index contributed by atoms with van der Waals surface area (Å²) in [5.74, 6) is 0. The third-order valence-electron chi connectivity index (χ3n) is 2.72. The lowest BCUT2D eigenvalue weighted by Gasteiger charge is -2.01. The standard InChI is InChI=1S/2C8H11N.2ClH/c1-7-4-3-5-8(6-7)9-2;1-7-5-3-4-6-8(7)9-2;;/h2*3-6,9H,1-2H3;2*1H. The Kier molecular flexibility index (Phi) is 12.0. The maximum absolute atomic E-state index is 3.10. The quantitative estimate of drug-likeness (QED) is 0.822. The molecule has 0 saturated heterocycles. The number of aryl methyl sites for hydroxylation is 2. The summed E-state index contributed by atoms with van der Waals surface area (Å²) in [6.07, 6.45) is 0. The van der Waals surface area contributed by atoms with Crippen LogP contribution in [-0.4, -0.2) is 14.1 Å². The number of anilines is 2. The van der Waals surface area contributed by atoms with Gasteiger partial charge in [-0.25, -0.2) is 0 Å². The molecule has 2 N–H and O–H groups in total. The largest absolute Gasteiger partial charge is 0.388 e. The molecule has 0 fully saturated rings. The first kappa shape index (κ1) is 20.9. The van der Waals surface area contributed by atoms with Crippen molar-refractivity contribution in [3.05, 3.63) is 59.7 Å². The molecule has 0 radical (unpaired) electrons. The van der Waals surface area contributed by atoms with Crippen LogP contribution in [-0.2, 0) is 0 Å². The highest BCUT2D eigenvalue weighted by Crippen LogP contribution is 2.11. The van der Waals surface area contributed by atoms with Crippen molar-refractivity contribution in [3.63, 3.8) is 0 Å². The minimum absolute atomic E-state index is 0. The van der Waals surface area contributed by atoms with Gasteiger partial charge in [-0.2, -0.15) is 0 Å². The second-order valence-electron chi connectivity index (χ2n) is 4.18. The van der Waals surface area contributed by atoms with Crippen LogP contribution in [0.25, 0.3) is 0 Å². The molecule has 0 heterocycles. The zero-order valence-corrected chi connectivity index (χ0v) is 14.1. The lowest BCUT2D eigenvalue weighted by Crippen LogP contribution is -1.89. The first-order valence-corrected chi connectivity index (χ1v) is 6.15. The van der Waals surface area contributed by atoms with Crippen LogP contribution in [0.3, 0.4) is 0 Å². The van der Waals surface area contributed by atoms with Gasteiger partial charge in [0.25, 0.3) is 0 Å². The van der Waals surface area contributed by atoms with Crippen LogP contribution in [0.4, 0.5) is 11.4 Å². The van der Waals surface area contributed by atoms with Gasteiger partial charge < -0.3 is 10.6 Å². The average molecular weight is 315 g/mol. The van der Waals surface area contributed by atoms with Gasteiger partial charge in [-0.05, 0) is 43.2 Å². The molecule has 2 nitrogen and oxygen atoms in total. The van der Waals surface area contributed by atoms with E-state index in [0.717, 1.165) is 0 Å². The molecule has 0 aromatic heterocycles. The number of nitrogens with one attached hydrogen (secondary N) is 2. The Labute approximate surface area is 134 Å². The molecular formula is C16H24Cl2N2. The van der Waals surface area contributed by atoms with Gasteiger partial charge in [0, 0.05) is 25.5 Å². The van der Waals surface area contributed by atoms with Crippen LogP contribution in [0.2, 0.25) is 0 Å². The second kappa shape index (κ2) is 11.4. The summed E-state index contributed by atoms with van der Waals surface area (Å²) in [4.78, 5) is 0. The van der Waals surface area contributed by atoms with E-state index >= 15 is 0 Å². The maximum atomic E-state index is 3.10. The first-order chi connectivity index (χ1) is 8.67. The van der Waals surface area contributed by atoms with Gasteiger partial charge in [0.15, 0.2) is 0 Å². The van der Waals surface area contributed by atoms with Crippen LogP contribution in [0, 0.1) is 13.8 Å². The minimum Gasteiger partial charge on any atom is -0.388 e. The van der Waals surface area contributed by atoms with Crippen molar-refractivity contribution in [1.82, 2.24) is 0 Å². The summed E-state index contributed by atoms with van der Waals surface area (Å²) in [6.45, 7) is 4.17. The van der Waals surface area contributed by atoms with Gasteiger partial charge >= 0.3 is 0 Å². The van der Waals surface area contributed by atoms with Crippen molar-refractivity contribution in [1.29, 1.82) is 0 Å². The molecule has 20 heavy (non-hydrogen) atoms. The smallest absolute Gasteiger partial charge is 0.0367 e. The van der Waals surface area contributed by atoms with E-state index in [1.165, 1.54) is 22.5 Å². The molecular weight excluding hydrogens is 291 g/mol. The summed E-state index contributed by atoms with van der Waals surface area (Å²) < 4.78 is 0. The molecule has 4 heteroatoms. The van der Waals surface area contributed by atoms with Crippen LogP contribution >= 0.6 is 24.8 Å².